The van der Waals surface area contributed by atoms with Gasteiger partial charge >= 0.3 is 0 Å². The van der Waals surface area contributed by atoms with Crippen molar-refractivity contribution in [1.29, 1.82) is 0 Å². The summed E-state index contributed by atoms with van der Waals surface area (Å²) in [5.41, 5.74) is 2.68. The van der Waals surface area contributed by atoms with Crippen LogP contribution in [0.25, 0.3) is 0 Å². The first-order chi connectivity index (χ1) is 11.7. The van der Waals surface area contributed by atoms with Gasteiger partial charge in [-0.05, 0) is 24.3 Å². The van der Waals surface area contributed by atoms with Gasteiger partial charge in [-0.15, -0.1) is 0 Å². The number of carbonyl (C=O) groups excluding carboxylic acids is 1. The Balaban J connectivity index is 1.70. The maximum absolute atomic E-state index is 12.8. The maximum atomic E-state index is 12.8. The normalized spacial score (nSPS) is 14.4. The molecular formula is C19H23N3O2. The number of hydrogen-bond donors (Lipinski definition) is 1. The highest BCUT2D eigenvalue weighted by molar-refractivity contribution is 5.99. The molecule has 3 rings (SSSR count). The minimum absolute atomic E-state index is 0.0830. The van der Waals surface area contributed by atoms with Crippen LogP contribution < -0.4 is 15.0 Å². The average molecular weight is 325 g/mol. The van der Waals surface area contributed by atoms with Crippen molar-refractivity contribution in [2.75, 3.05) is 50.6 Å². The Hall–Kier alpha value is -2.69. The molecule has 0 unspecified atom stereocenters. The van der Waals surface area contributed by atoms with Crippen LogP contribution in [0.15, 0.2) is 48.5 Å². The van der Waals surface area contributed by atoms with Crippen LogP contribution in [0.4, 0.5) is 11.4 Å². The number of carbonyl (C=O) groups is 1. The molecule has 1 amide bonds. The van der Waals surface area contributed by atoms with Gasteiger partial charge < -0.3 is 19.9 Å². The molecule has 2 aromatic carbocycles. The van der Waals surface area contributed by atoms with Crippen LogP contribution >= 0.6 is 0 Å². The molecule has 1 heterocycles. The minimum atomic E-state index is 0.0830. The Labute approximate surface area is 142 Å². The topological polar surface area (TPSA) is 44.8 Å². The van der Waals surface area contributed by atoms with Gasteiger partial charge in [0.1, 0.15) is 5.75 Å². The zero-order valence-electron chi connectivity index (χ0n) is 14.2. The van der Waals surface area contributed by atoms with Crippen molar-refractivity contribution in [1.82, 2.24) is 4.90 Å². The highest BCUT2D eigenvalue weighted by atomic mass is 16.5. The molecule has 1 N–H and O–H groups in total. The van der Waals surface area contributed by atoms with E-state index in [1.807, 2.05) is 54.4 Å². The summed E-state index contributed by atoms with van der Waals surface area (Å²) in [7, 11) is 3.53. The first kappa shape index (κ1) is 16.2. The second kappa shape index (κ2) is 7.25. The predicted octanol–water partition coefficient (Wildman–Crippen LogP) is 2.70. The van der Waals surface area contributed by atoms with E-state index in [1.165, 1.54) is 0 Å². The summed E-state index contributed by atoms with van der Waals surface area (Å²) in [6, 6.07) is 15.7. The van der Waals surface area contributed by atoms with E-state index < -0.39 is 0 Å². The number of nitrogens with one attached hydrogen (secondary N) is 1. The smallest absolute Gasteiger partial charge is 0.256 e. The summed E-state index contributed by atoms with van der Waals surface area (Å²) in [6.07, 6.45) is 0. The van der Waals surface area contributed by atoms with E-state index in [-0.39, 0.29) is 5.91 Å². The number of methoxy groups -OCH3 is 1. The molecule has 0 spiro atoms. The number of hydrogen-bond acceptors (Lipinski definition) is 4. The van der Waals surface area contributed by atoms with Crippen LogP contribution in [0, 0.1) is 0 Å². The number of amides is 1. The molecule has 5 heteroatoms. The first-order valence-electron chi connectivity index (χ1n) is 8.18. The second-order valence-corrected chi connectivity index (χ2v) is 5.75. The van der Waals surface area contributed by atoms with Crippen LogP contribution in [-0.4, -0.2) is 51.1 Å². The Morgan fingerprint density at radius 1 is 1.00 bits per heavy atom. The number of para-hydroxylation sites is 3. The molecule has 1 saturated heterocycles. The van der Waals surface area contributed by atoms with Crippen molar-refractivity contribution in [2.45, 2.75) is 0 Å². The van der Waals surface area contributed by atoms with Crippen LogP contribution in [0.1, 0.15) is 10.4 Å². The lowest BCUT2D eigenvalue weighted by Gasteiger charge is -2.36. The minimum Gasteiger partial charge on any atom is -0.495 e. The Morgan fingerprint density at radius 3 is 2.38 bits per heavy atom. The van der Waals surface area contributed by atoms with Gasteiger partial charge in [0.15, 0.2) is 0 Å². The Kier molecular flexibility index (Phi) is 4.89. The van der Waals surface area contributed by atoms with Crippen molar-refractivity contribution < 1.29 is 9.53 Å². The zero-order chi connectivity index (χ0) is 16.9. The SMILES string of the molecule is CNc1ccccc1C(=O)N1CCN(c2ccccc2OC)CC1. The van der Waals surface area contributed by atoms with Gasteiger partial charge in [-0.2, -0.15) is 0 Å². The molecule has 0 atom stereocenters. The number of piperazine rings is 1. The maximum Gasteiger partial charge on any atom is 0.256 e. The van der Waals surface area contributed by atoms with E-state index in [1.54, 1.807) is 7.11 Å². The number of anilines is 2. The van der Waals surface area contributed by atoms with Crippen molar-refractivity contribution in [2.24, 2.45) is 0 Å². The van der Waals surface area contributed by atoms with Gasteiger partial charge in [-0.25, -0.2) is 0 Å². The van der Waals surface area contributed by atoms with Crippen LogP contribution in [-0.2, 0) is 0 Å². The Bertz CT molecular complexity index is 709. The Morgan fingerprint density at radius 2 is 1.67 bits per heavy atom. The van der Waals surface area contributed by atoms with Crippen LogP contribution in [0.2, 0.25) is 0 Å². The van der Waals surface area contributed by atoms with Gasteiger partial charge in [-0.1, -0.05) is 24.3 Å². The fourth-order valence-electron chi connectivity index (χ4n) is 3.10. The van der Waals surface area contributed by atoms with Gasteiger partial charge in [0, 0.05) is 38.9 Å². The number of rotatable bonds is 4. The van der Waals surface area contributed by atoms with Crippen molar-refractivity contribution >= 4 is 17.3 Å². The summed E-state index contributed by atoms with van der Waals surface area (Å²) in [5.74, 6) is 0.956. The molecule has 1 aliphatic rings. The fraction of sp³-hybridized carbons (Fsp3) is 0.316. The monoisotopic (exact) mass is 325 g/mol. The second-order valence-electron chi connectivity index (χ2n) is 5.75. The lowest BCUT2D eigenvalue weighted by molar-refractivity contribution is 0.0747. The van der Waals surface area contributed by atoms with Gasteiger partial charge in [-0.3, -0.25) is 4.79 Å². The zero-order valence-corrected chi connectivity index (χ0v) is 14.2. The molecule has 1 aliphatic heterocycles. The van der Waals surface area contributed by atoms with Crippen molar-refractivity contribution in [3.63, 3.8) is 0 Å². The fourth-order valence-corrected chi connectivity index (χ4v) is 3.10. The standard InChI is InChI=1S/C19H23N3O2/c1-20-16-8-4-3-7-15(16)19(23)22-13-11-21(12-14-22)17-9-5-6-10-18(17)24-2/h3-10,20H,11-14H2,1-2H3. The third kappa shape index (κ3) is 3.15. The summed E-state index contributed by atoms with van der Waals surface area (Å²) < 4.78 is 5.44. The van der Waals surface area contributed by atoms with Crippen molar-refractivity contribution in [3.05, 3.63) is 54.1 Å². The number of ether oxygens (including phenoxy) is 1. The third-order valence-electron chi connectivity index (χ3n) is 4.42. The van der Waals surface area contributed by atoms with Crippen LogP contribution in [0.5, 0.6) is 5.75 Å². The molecule has 0 saturated carbocycles. The molecule has 0 aromatic heterocycles. The van der Waals surface area contributed by atoms with E-state index in [9.17, 15) is 4.79 Å². The van der Waals surface area contributed by atoms with E-state index >= 15 is 0 Å². The molecule has 0 aliphatic carbocycles. The van der Waals surface area contributed by atoms with Crippen molar-refractivity contribution in [3.8, 4) is 5.75 Å². The summed E-state index contributed by atoms with van der Waals surface area (Å²) in [4.78, 5) is 17.0. The van der Waals surface area contributed by atoms with Gasteiger partial charge in [0.05, 0.1) is 18.4 Å². The quantitative estimate of drug-likeness (QED) is 0.939. The molecule has 1 fully saturated rings. The first-order valence-corrected chi connectivity index (χ1v) is 8.18. The molecule has 2 aromatic rings. The molecule has 5 nitrogen and oxygen atoms in total. The van der Waals surface area contributed by atoms with Crippen LogP contribution in [0.3, 0.4) is 0 Å². The van der Waals surface area contributed by atoms with E-state index in [4.69, 9.17) is 4.74 Å². The van der Waals surface area contributed by atoms with E-state index in [0.717, 1.165) is 35.8 Å². The predicted molar refractivity (Wildman–Crippen MR) is 97.1 cm³/mol. The average Bonchev–Trinajstić information content (AvgIpc) is 2.67. The van der Waals surface area contributed by atoms with E-state index in [2.05, 4.69) is 16.3 Å². The molecule has 24 heavy (non-hydrogen) atoms. The van der Waals surface area contributed by atoms with Gasteiger partial charge in [0.25, 0.3) is 5.91 Å². The lowest BCUT2D eigenvalue weighted by Crippen LogP contribution is -2.49. The van der Waals surface area contributed by atoms with E-state index in [0.29, 0.717) is 13.1 Å². The summed E-state index contributed by atoms with van der Waals surface area (Å²) in [5, 5.41) is 3.09. The highest BCUT2D eigenvalue weighted by Gasteiger charge is 2.24. The van der Waals surface area contributed by atoms with Gasteiger partial charge in [0.2, 0.25) is 0 Å². The number of benzene rings is 2. The molecule has 0 radical (unpaired) electrons. The molecule has 126 valence electrons. The highest BCUT2D eigenvalue weighted by Crippen LogP contribution is 2.28. The lowest BCUT2D eigenvalue weighted by atomic mass is 10.1. The largest absolute Gasteiger partial charge is 0.495 e. The number of nitrogens with zero attached hydrogens (tertiary/aromatic N) is 2. The summed E-state index contributed by atoms with van der Waals surface area (Å²) in [6.45, 7) is 3.01. The summed E-state index contributed by atoms with van der Waals surface area (Å²) >= 11 is 0. The molecule has 0 bridgehead atoms. The third-order valence-corrected chi connectivity index (χ3v) is 4.42. The molecular weight excluding hydrogens is 302 g/mol.